The zero-order valence-corrected chi connectivity index (χ0v) is 14.9. The number of nitrogens with zero attached hydrogens (tertiary/aromatic N) is 2. The number of aryl methyl sites for hydroxylation is 1. The van der Waals surface area contributed by atoms with Gasteiger partial charge >= 0.3 is 0 Å². The van der Waals surface area contributed by atoms with E-state index >= 15 is 0 Å². The number of anilines is 1. The summed E-state index contributed by atoms with van der Waals surface area (Å²) in [5.41, 5.74) is 1.91. The molecule has 7 heteroatoms. The average molecular weight is 355 g/mol. The van der Waals surface area contributed by atoms with E-state index in [2.05, 4.69) is 10.3 Å². The Bertz CT molecular complexity index is 842. The van der Waals surface area contributed by atoms with Gasteiger partial charge in [-0.15, -0.1) is 0 Å². The summed E-state index contributed by atoms with van der Waals surface area (Å²) in [6.07, 6.45) is 0. The molecule has 0 aliphatic carbocycles. The zero-order chi connectivity index (χ0) is 18.4. The van der Waals surface area contributed by atoms with Gasteiger partial charge in [-0.25, -0.2) is 4.98 Å². The molecule has 0 radical (unpaired) electrons. The maximum Gasteiger partial charge on any atom is 0.234 e. The Morgan fingerprint density at radius 3 is 2.56 bits per heavy atom. The van der Waals surface area contributed by atoms with E-state index in [1.54, 1.807) is 38.3 Å². The van der Waals surface area contributed by atoms with E-state index in [9.17, 15) is 14.9 Å². The number of methoxy groups -OCH3 is 1. The van der Waals surface area contributed by atoms with Crippen LogP contribution in [0.15, 0.2) is 35.4 Å². The molecule has 1 aromatic carbocycles. The first kappa shape index (κ1) is 18.5. The van der Waals surface area contributed by atoms with Gasteiger partial charge in [0.2, 0.25) is 5.91 Å². The van der Waals surface area contributed by atoms with Gasteiger partial charge in [-0.05, 0) is 44.2 Å². The summed E-state index contributed by atoms with van der Waals surface area (Å²) >= 11 is 1.16. The van der Waals surface area contributed by atoms with E-state index in [-0.39, 0.29) is 23.0 Å². The lowest BCUT2D eigenvalue weighted by Gasteiger charge is -2.09. The van der Waals surface area contributed by atoms with Crippen molar-refractivity contribution in [3.8, 4) is 11.8 Å². The highest BCUT2D eigenvalue weighted by atomic mass is 32.2. The van der Waals surface area contributed by atoms with Crippen LogP contribution in [0.25, 0.3) is 0 Å². The topological polar surface area (TPSA) is 92.1 Å². The van der Waals surface area contributed by atoms with E-state index in [4.69, 9.17) is 4.74 Å². The fraction of sp³-hybridized carbons (Fsp3) is 0.222. The first-order valence-corrected chi connectivity index (χ1v) is 8.42. The summed E-state index contributed by atoms with van der Waals surface area (Å²) in [5, 5.41) is 12.4. The van der Waals surface area contributed by atoms with E-state index in [1.165, 1.54) is 13.0 Å². The van der Waals surface area contributed by atoms with Crippen LogP contribution in [0.1, 0.15) is 28.5 Å². The third kappa shape index (κ3) is 4.81. The largest absolute Gasteiger partial charge is 0.497 e. The number of nitrogens with one attached hydrogen (secondary N) is 1. The van der Waals surface area contributed by atoms with Gasteiger partial charge in [0.25, 0.3) is 0 Å². The molecule has 0 bridgehead atoms. The molecule has 0 fully saturated rings. The molecule has 2 aromatic rings. The second kappa shape index (κ2) is 8.31. The van der Waals surface area contributed by atoms with Gasteiger partial charge in [0.1, 0.15) is 16.8 Å². The number of Topliss-reactive ketones (excluding diaryl/α,β-unsaturated/α-hetero) is 1. The van der Waals surface area contributed by atoms with Crippen molar-refractivity contribution in [3.05, 3.63) is 47.2 Å². The Balaban J connectivity index is 2.05. The number of amides is 1. The molecular formula is C18H17N3O3S. The van der Waals surface area contributed by atoms with Crippen LogP contribution in [-0.2, 0) is 4.79 Å². The van der Waals surface area contributed by atoms with E-state index < -0.39 is 0 Å². The number of thioether (sulfide) groups is 1. The molecule has 0 unspecified atom stereocenters. The molecule has 2 rings (SSSR count). The summed E-state index contributed by atoms with van der Waals surface area (Å²) in [7, 11) is 1.57. The molecule has 0 atom stereocenters. The standard InChI is InChI=1S/C18H17N3O3S/c1-11-16(12(2)22)8-13(9-19)18(20-11)25-10-17(23)21-14-4-6-15(24-3)7-5-14/h4-8H,10H2,1-3H3,(H,21,23). The van der Waals surface area contributed by atoms with Gasteiger partial charge in [0, 0.05) is 16.9 Å². The van der Waals surface area contributed by atoms with Gasteiger partial charge in [0.05, 0.1) is 18.4 Å². The van der Waals surface area contributed by atoms with Crippen molar-refractivity contribution < 1.29 is 14.3 Å². The number of carbonyl (C=O) groups is 2. The fourth-order valence-electron chi connectivity index (χ4n) is 2.14. The lowest BCUT2D eigenvalue weighted by atomic mass is 10.1. The third-order valence-electron chi connectivity index (χ3n) is 3.39. The predicted molar refractivity (Wildman–Crippen MR) is 96.0 cm³/mol. The SMILES string of the molecule is COc1ccc(NC(=O)CSc2nc(C)c(C(C)=O)cc2C#N)cc1. The highest BCUT2D eigenvalue weighted by Gasteiger charge is 2.14. The number of hydrogen-bond acceptors (Lipinski definition) is 6. The smallest absolute Gasteiger partial charge is 0.234 e. The summed E-state index contributed by atoms with van der Waals surface area (Å²) in [5.74, 6) is 0.452. The molecule has 128 valence electrons. The number of nitriles is 1. The lowest BCUT2D eigenvalue weighted by Crippen LogP contribution is -2.14. The quantitative estimate of drug-likeness (QED) is 0.632. The third-order valence-corrected chi connectivity index (χ3v) is 4.38. The Kier molecular flexibility index (Phi) is 6.14. The highest BCUT2D eigenvalue weighted by Crippen LogP contribution is 2.23. The molecule has 6 nitrogen and oxygen atoms in total. The van der Waals surface area contributed by atoms with Gasteiger partial charge in [-0.3, -0.25) is 9.59 Å². The summed E-state index contributed by atoms with van der Waals surface area (Å²) < 4.78 is 5.06. The van der Waals surface area contributed by atoms with E-state index in [1.807, 2.05) is 6.07 Å². The van der Waals surface area contributed by atoms with Crippen LogP contribution in [0, 0.1) is 18.3 Å². The van der Waals surface area contributed by atoms with Crippen LogP contribution >= 0.6 is 11.8 Å². The first-order valence-electron chi connectivity index (χ1n) is 7.44. The molecule has 1 aromatic heterocycles. The van der Waals surface area contributed by atoms with Gasteiger partial charge in [-0.2, -0.15) is 5.26 Å². The summed E-state index contributed by atoms with van der Waals surface area (Å²) in [6, 6.07) is 10.5. The normalized spacial score (nSPS) is 10.0. The number of carbonyl (C=O) groups excluding carboxylic acids is 2. The molecular weight excluding hydrogens is 338 g/mol. The molecule has 1 heterocycles. The molecule has 0 aliphatic rings. The zero-order valence-electron chi connectivity index (χ0n) is 14.1. The van der Waals surface area contributed by atoms with Crippen molar-refractivity contribution in [1.29, 1.82) is 5.26 Å². The maximum atomic E-state index is 12.1. The molecule has 0 saturated carbocycles. The predicted octanol–water partition coefficient (Wildman–Crippen LogP) is 3.20. The van der Waals surface area contributed by atoms with Crippen molar-refractivity contribution in [1.82, 2.24) is 4.98 Å². The number of benzene rings is 1. The minimum atomic E-state index is -0.214. The second-order valence-corrected chi connectivity index (χ2v) is 6.17. The monoisotopic (exact) mass is 355 g/mol. The van der Waals surface area contributed by atoms with Crippen LogP contribution in [0.2, 0.25) is 0 Å². The molecule has 0 spiro atoms. The molecule has 0 aliphatic heterocycles. The van der Waals surface area contributed by atoms with Gasteiger partial charge in [-0.1, -0.05) is 11.8 Å². The van der Waals surface area contributed by atoms with Crippen molar-refractivity contribution in [3.63, 3.8) is 0 Å². The van der Waals surface area contributed by atoms with Crippen LogP contribution in [0.4, 0.5) is 5.69 Å². The van der Waals surface area contributed by atoms with Crippen molar-refractivity contribution >= 4 is 29.1 Å². The van der Waals surface area contributed by atoms with E-state index in [0.29, 0.717) is 27.7 Å². The fourth-order valence-corrected chi connectivity index (χ4v) is 2.94. The lowest BCUT2D eigenvalue weighted by molar-refractivity contribution is -0.113. The van der Waals surface area contributed by atoms with Crippen LogP contribution in [0.3, 0.4) is 0 Å². The Labute approximate surface area is 150 Å². The number of ketones is 1. The number of aromatic nitrogens is 1. The van der Waals surface area contributed by atoms with Gasteiger partial charge in [0.15, 0.2) is 5.78 Å². The van der Waals surface area contributed by atoms with Crippen LogP contribution in [-0.4, -0.2) is 29.5 Å². The summed E-state index contributed by atoms with van der Waals surface area (Å²) in [4.78, 5) is 27.9. The maximum absolute atomic E-state index is 12.1. The number of hydrogen-bond donors (Lipinski definition) is 1. The highest BCUT2D eigenvalue weighted by molar-refractivity contribution is 8.00. The Morgan fingerprint density at radius 1 is 1.32 bits per heavy atom. The molecule has 0 saturated heterocycles. The second-order valence-electron chi connectivity index (χ2n) is 5.21. The summed E-state index contributed by atoms with van der Waals surface area (Å²) in [6.45, 7) is 3.14. The average Bonchev–Trinajstić information content (AvgIpc) is 2.60. The number of pyridine rings is 1. The van der Waals surface area contributed by atoms with Crippen LogP contribution in [0.5, 0.6) is 5.75 Å². The van der Waals surface area contributed by atoms with Crippen molar-refractivity contribution in [2.24, 2.45) is 0 Å². The first-order chi connectivity index (χ1) is 11.9. The molecule has 1 N–H and O–H groups in total. The molecule has 25 heavy (non-hydrogen) atoms. The Morgan fingerprint density at radius 2 is 2.00 bits per heavy atom. The van der Waals surface area contributed by atoms with Crippen LogP contribution < -0.4 is 10.1 Å². The van der Waals surface area contributed by atoms with Crippen molar-refractivity contribution in [2.75, 3.05) is 18.2 Å². The van der Waals surface area contributed by atoms with Gasteiger partial charge < -0.3 is 10.1 Å². The Hall–Kier alpha value is -2.85. The number of rotatable bonds is 6. The minimum absolute atomic E-state index is 0.104. The minimum Gasteiger partial charge on any atom is -0.497 e. The van der Waals surface area contributed by atoms with E-state index in [0.717, 1.165) is 11.8 Å². The number of ether oxygens (including phenoxy) is 1. The van der Waals surface area contributed by atoms with Crippen molar-refractivity contribution in [2.45, 2.75) is 18.9 Å². The molecule has 1 amide bonds.